The van der Waals surface area contributed by atoms with Gasteiger partial charge in [0.1, 0.15) is 48.4 Å². The second-order valence-electron chi connectivity index (χ2n) is 18.0. The zero-order chi connectivity index (χ0) is 54.3. The number of amides is 9. The average molecular weight is 1030 g/mol. The lowest BCUT2D eigenvalue weighted by Gasteiger charge is -2.29. The zero-order valence-electron chi connectivity index (χ0n) is 41.8. The molecule has 0 bridgehead atoms. The summed E-state index contributed by atoms with van der Waals surface area (Å²) in [7, 11) is 0. The van der Waals surface area contributed by atoms with Crippen LogP contribution in [-0.4, -0.2) is 172 Å². The van der Waals surface area contributed by atoms with E-state index < -0.39 is 190 Å². The third kappa shape index (κ3) is 25.4. The normalized spacial score (nSPS) is 25.0. The lowest BCUT2D eigenvalue weighted by atomic mass is 9.94. The van der Waals surface area contributed by atoms with Crippen molar-refractivity contribution in [2.75, 3.05) is 26.4 Å². The smallest absolute Gasteiger partial charge is 0.329 e. The molecule has 26 nitrogen and oxygen atoms in total. The minimum atomic E-state index is -1.90. The minimum absolute atomic E-state index is 0.418. The molecule has 15 N–H and O–H groups in total. The third-order valence-electron chi connectivity index (χ3n) is 11.8. The Morgan fingerprint density at radius 2 is 1.14 bits per heavy atom. The van der Waals surface area contributed by atoms with Crippen molar-refractivity contribution in [2.45, 2.75) is 191 Å². The fourth-order valence-electron chi connectivity index (χ4n) is 7.49. The zero-order valence-corrected chi connectivity index (χ0v) is 41.8. The number of cyclic esters (lactones) is 1. The number of rotatable bonds is 23. The number of nitrogens with two attached hydrogens (primary N) is 1. The lowest BCUT2D eigenvalue weighted by Crippen LogP contribution is -2.61. The molecule has 26 heteroatoms. The van der Waals surface area contributed by atoms with Gasteiger partial charge in [-0.25, -0.2) is 4.79 Å². The highest BCUT2D eigenvalue weighted by molar-refractivity contribution is 5.98. The maximum Gasteiger partial charge on any atom is 0.329 e. The van der Waals surface area contributed by atoms with Gasteiger partial charge in [-0.05, 0) is 39.0 Å². The molecule has 0 spiro atoms. The Morgan fingerprint density at radius 3 is 1.69 bits per heavy atom. The number of aliphatic carboxylic acids is 1. The van der Waals surface area contributed by atoms with E-state index in [1.54, 1.807) is 6.92 Å². The molecule has 0 radical (unpaired) electrons. The van der Waals surface area contributed by atoms with Crippen LogP contribution in [0, 0.1) is 5.92 Å². The van der Waals surface area contributed by atoms with Gasteiger partial charge in [-0.1, -0.05) is 78.1 Å². The number of esters is 1. The second-order valence-corrected chi connectivity index (χ2v) is 18.0. The second kappa shape index (κ2) is 35.2. The number of ether oxygens (including phenoxy) is 1. The first-order chi connectivity index (χ1) is 34.1. The summed E-state index contributed by atoms with van der Waals surface area (Å²) in [6, 6.07) is -11.9. The Morgan fingerprint density at radius 1 is 0.625 bits per heavy atom. The van der Waals surface area contributed by atoms with E-state index in [1.807, 2.05) is 0 Å². The highest BCUT2D eigenvalue weighted by atomic mass is 16.5. The molecule has 72 heavy (non-hydrogen) atoms. The Kier molecular flexibility index (Phi) is 31.3. The number of carbonyl (C=O) groups excluding carboxylic acids is 10. The van der Waals surface area contributed by atoms with Crippen LogP contribution in [0.25, 0.3) is 0 Å². The number of unbranched alkanes of at least 4 members (excludes halogenated alkanes) is 9. The van der Waals surface area contributed by atoms with E-state index in [0.29, 0.717) is 12.8 Å². The summed E-state index contributed by atoms with van der Waals surface area (Å²) in [6.45, 7) is 2.85. The van der Waals surface area contributed by atoms with Crippen LogP contribution in [0.15, 0.2) is 0 Å². The first-order valence-corrected chi connectivity index (χ1v) is 24.7. The standard InChI is InChI=1S/C46H79N9O17/c1-5-6-7-8-9-10-11-12-13-14-15-26(2)34-23-36(61)49-27(3)40(65)51-30(18-20-56)42(67)52-29(16-17-38(63)64)41(66)48-24-37(62)50-33(25-58)44(69)54-32(22-35(47)60)43(68)55-39(28(4)59)45(70)53-31(19-21-57)46(71)72-34/h26-34,39,56-59H,5-25H2,1-4H3,(H2,47,60)(H,48,66)(H,49,61)(H,50,62)(H,51,65)(H,52,67)(H,53,70)(H,54,69)(H,55,68)(H,63,64)/t26?,27-,28-,29-,30?,31?,32+,33-,34?,39+/m0/s1. The fourth-order valence-corrected chi connectivity index (χ4v) is 7.49. The quantitative estimate of drug-likeness (QED) is 0.0351. The van der Waals surface area contributed by atoms with Crippen molar-refractivity contribution in [3.8, 4) is 0 Å². The molecule has 1 heterocycles. The van der Waals surface area contributed by atoms with E-state index in [9.17, 15) is 78.3 Å². The number of nitrogens with one attached hydrogen (secondary N) is 8. The van der Waals surface area contributed by atoms with Crippen LogP contribution in [0.5, 0.6) is 0 Å². The molecular formula is C46H79N9O17. The molecule has 1 aliphatic rings. The van der Waals surface area contributed by atoms with Crippen LogP contribution in [0.1, 0.15) is 137 Å². The van der Waals surface area contributed by atoms with Gasteiger partial charge in [0.15, 0.2) is 0 Å². The molecule has 4 unspecified atom stereocenters. The van der Waals surface area contributed by atoms with Crippen molar-refractivity contribution in [1.29, 1.82) is 0 Å². The summed E-state index contributed by atoms with van der Waals surface area (Å²) in [5.74, 6) is -12.9. The molecule has 0 aromatic carbocycles. The van der Waals surface area contributed by atoms with Gasteiger partial charge in [-0.3, -0.25) is 47.9 Å². The first kappa shape index (κ1) is 64.0. The Labute approximate surface area is 419 Å². The van der Waals surface area contributed by atoms with E-state index in [1.165, 1.54) is 26.2 Å². The Hall–Kier alpha value is -5.99. The van der Waals surface area contributed by atoms with Crippen molar-refractivity contribution in [1.82, 2.24) is 42.5 Å². The predicted molar refractivity (Wildman–Crippen MR) is 255 cm³/mol. The van der Waals surface area contributed by atoms with Crippen LogP contribution in [0.3, 0.4) is 0 Å². The molecule has 1 saturated heterocycles. The number of aliphatic hydroxyl groups excluding tert-OH is 4. The molecule has 0 saturated carbocycles. The predicted octanol–water partition coefficient (Wildman–Crippen LogP) is -3.34. The number of primary amides is 1. The van der Waals surface area contributed by atoms with Gasteiger partial charge in [-0.2, -0.15) is 0 Å². The minimum Gasteiger partial charge on any atom is -0.481 e. The lowest BCUT2D eigenvalue weighted by molar-refractivity contribution is -0.158. The van der Waals surface area contributed by atoms with Crippen LogP contribution >= 0.6 is 0 Å². The number of aliphatic hydroxyl groups is 4. The van der Waals surface area contributed by atoms with E-state index in [0.717, 1.165) is 45.4 Å². The number of hydrogen-bond donors (Lipinski definition) is 14. The van der Waals surface area contributed by atoms with Gasteiger partial charge in [-0.15, -0.1) is 0 Å². The molecule has 0 aliphatic carbocycles. The van der Waals surface area contributed by atoms with Gasteiger partial charge >= 0.3 is 11.9 Å². The summed E-state index contributed by atoms with van der Waals surface area (Å²) in [4.78, 5) is 144. The topological polar surface area (TPSA) is 420 Å². The van der Waals surface area contributed by atoms with E-state index in [-0.39, 0.29) is 0 Å². The molecule has 1 rings (SSSR count). The third-order valence-corrected chi connectivity index (χ3v) is 11.8. The number of carboxylic acid groups (broad SMARTS) is 1. The number of hydrogen-bond acceptors (Lipinski definition) is 16. The first-order valence-electron chi connectivity index (χ1n) is 24.7. The summed E-state index contributed by atoms with van der Waals surface area (Å²) in [5, 5.41) is 67.5. The fraction of sp³-hybridized carbons (Fsp3) is 0.761. The molecule has 9 amide bonds. The van der Waals surface area contributed by atoms with E-state index >= 15 is 0 Å². The van der Waals surface area contributed by atoms with Crippen LogP contribution in [0.4, 0.5) is 0 Å². The van der Waals surface area contributed by atoms with Gasteiger partial charge < -0.3 is 78.5 Å². The maximum absolute atomic E-state index is 13.9. The SMILES string of the molecule is CCCCCCCCCCCCC(C)C1CC(=O)N[C@@H](C)C(=O)NC(CCO)C(=O)N[C@@H](CCC(=O)O)C(=O)NCC(=O)N[C@@H](CO)C(=O)N[C@H](CC(N)=O)C(=O)N[C@H]([C@H](C)O)C(=O)NC(CCO)C(=O)O1. The molecule has 10 atom stereocenters. The summed E-state index contributed by atoms with van der Waals surface area (Å²) in [5.41, 5.74) is 5.32. The van der Waals surface area contributed by atoms with E-state index in [4.69, 9.17) is 10.5 Å². The van der Waals surface area contributed by atoms with E-state index in [2.05, 4.69) is 49.5 Å². The highest BCUT2D eigenvalue weighted by Crippen LogP contribution is 2.21. The molecule has 0 aromatic rings. The average Bonchev–Trinajstić information content (AvgIpc) is 3.31. The summed E-state index contributed by atoms with van der Waals surface area (Å²) < 4.78 is 5.84. The Balaban J connectivity index is 3.68. The number of carboxylic acids is 1. The molecule has 0 aromatic heterocycles. The van der Waals surface area contributed by atoms with Gasteiger partial charge in [0.2, 0.25) is 53.2 Å². The van der Waals surface area contributed by atoms with Crippen molar-refractivity contribution in [3.05, 3.63) is 0 Å². The van der Waals surface area contributed by atoms with Gasteiger partial charge in [0, 0.05) is 26.1 Å². The highest BCUT2D eigenvalue weighted by Gasteiger charge is 2.36. The van der Waals surface area contributed by atoms with Crippen molar-refractivity contribution < 1.29 is 83.0 Å². The van der Waals surface area contributed by atoms with Crippen LogP contribution < -0.4 is 48.3 Å². The maximum atomic E-state index is 13.9. The molecular weight excluding hydrogens is 951 g/mol. The molecule has 1 fully saturated rings. The van der Waals surface area contributed by atoms with Gasteiger partial charge in [0.25, 0.3) is 0 Å². The van der Waals surface area contributed by atoms with Crippen LogP contribution in [-0.2, 0) is 57.5 Å². The van der Waals surface area contributed by atoms with Crippen molar-refractivity contribution in [2.24, 2.45) is 11.7 Å². The largest absolute Gasteiger partial charge is 0.481 e. The number of carbonyl (C=O) groups is 11. The summed E-state index contributed by atoms with van der Waals surface area (Å²) in [6.07, 6.45) is 4.56. The van der Waals surface area contributed by atoms with Crippen molar-refractivity contribution >= 4 is 65.1 Å². The van der Waals surface area contributed by atoms with Gasteiger partial charge in [0.05, 0.1) is 32.1 Å². The van der Waals surface area contributed by atoms with Crippen molar-refractivity contribution in [3.63, 3.8) is 0 Å². The summed E-state index contributed by atoms with van der Waals surface area (Å²) >= 11 is 0. The Bertz CT molecular complexity index is 1800. The van der Waals surface area contributed by atoms with Crippen LogP contribution in [0.2, 0.25) is 0 Å². The molecule has 410 valence electrons. The monoisotopic (exact) mass is 1030 g/mol. The molecule has 1 aliphatic heterocycles.